The van der Waals surface area contributed by atoms with Crippen molar-refractivity contribution < 1.29 is 9.18 Å². The second kappa shape index (κ2) is 5.36. The van der Waals surface area contributed by atoms with Gasteiger partial charge in [-0.1, -0.05) is 6.07 Å². The van der Waals surface area contributed by atoms with Gasteiger partial charge in [-0.3, -0.25) is 4.79 Å². The van der Waals surface area contributed by atoms with Crippen molar-refractivity contribution in [1.82, 2.24) is 4.90 Å². The van der Waals surface area contributed by atoms with Crippen LogP contribution >= 0.6 is 15.9 Å². The molecule has 18 heavy (non-hydrogen) atoms. The summed E-state index contributed by atoms with van der Waals surface area (Å²) in [5, 5.41) is 0. The number of halogens is 2. The summed E-state index contributed by atoms with van der Waals surface area (Å²) in [5.74, 6) is -0.754. The van der Waals surface area contributed by atoms with Gasteiger partial charge in [0.1, 0.15) is 5.82 Å². The summed E-state index contributed by atoms with van der Waals surface area (Å²) in [4.78, 5) is 14.1. The largest absolute Gasteiger partial charge is 0.336 e. The average Bonchev–Trinajstić information content (AvgIpc) is 2.28. The summed E-state index contributed by atoms with van der Waals surface area (Å²) in [5.41, 5.74) is 5.98. The van der Waals surface area contributed by atoms with E-state index in [0.29, 0.717) is 11.0 Å². The normalized spacial score (nSPS) is 24.1. The summed E-state index contributed by atoms with van der Waals surface area (Å²) >= 11 is 3.23. The average molecular weight is 315 g/mol. The van der Waals surface area contributed by atoms with Gasteiger partial charge >= 0.3 is 0 Å². The fourth-order valence-electron chi connectivity index (χ4n) is 2.36. The van der Waals surface area contributed by atoms with Gasteiger partial charge in [0.05, 0.1) is 5.56 Å². The summed E-state index contributed by atoms with van der Waals surface area (Å²) in [6, 6.07) is 4.74. The number of carbonyl (C=O) groups excluding carboxylic acids is 1. The number of nitrogens with two attached hydrogens (primary N) is 1. The zero-order valence-corrected chi connectivity index (χ0v) is 11.8. The first-order chi connectivity index (χ1) is 8.50. The van der Waals surface area contributed by atoms with E-state index in [1.165, 1.54) is 6.07 Å². The Morgan fingerprint density at radius 1 is 1.56 bits per heavy atom. The van der Waals surface area contributed by atoms with Crippen molar-refractivity contribution in [1.29, 1.82) is 0 Å². The molecule has 1 aliphatic rings. The minimum atomic E-state index is -0.489. The third-order valence-corrected chi connectivity index (χ3v) is 4.02. The highest BCUT2D eigenvalue weighted by molar-refractivity contribution is 9.10. The molecule has 2 unspecified atom stereocenters. The van der Waals surface area contributed by atoms with Gasteiger partial charge in [0.2, 0.25) is 0 Å². The Balaban J connectivity index is 2.26. The van der Waals surface area contributed by atoms with Crippen molar-refractivity contribution in [3.63, 3.8) is 0 Å². The van der Waals surface area contributed by atoms with Gasteiger partial charge in [0.25, 0.3) is 5.91 Å². The number of rotatable bonds is 1. The first kappa shape index (κ1) is 13.5. The molecule has 1 fully saturated rings. The molecule has 1 aromatic rings. The van der Waals surface area contributed by atoms with Crippen LogP contribution < -0.4 is 5.73 Å². The molecule has 1 saturated heterocycles. The zero-order valence-electron chi connectivity index (χ0n) is 10.2. The number of carbonyl (C=O) groups is 1. The second-order valence-corrected chi connectivity index (χ2v) is 5.58. The standard InChI is InChI=1S/C13H16BrFN2O/c1-8-7-9(16)5-6-17(8)13(18)12-10(14)3-2-4-11(12)15/h2-4,8-9H,5-7,16H2,1H3. The quantitative estimate of drug-likeness (QED) is 0.866. The van der Waals surface area contributed by atoms with E-state index in [1.54, 1.807) is 17.0 Å². The lowest BCUT2D eigenvalue weighted by molar-refractivity contribution is 0.0613. The molecular formula is C13H16BrFN2O. The van der Waals surface area contributed by atoms with Crippen LogP contribution in [0.5, 0.6) is 0 Å². The van der Waals surface area contributed by atoms with Gasteiger partial charge < -0.3 is 10.6 Å². The first-order valence-electron chi connectivity index (χ1n) is 6.01. The Hall–Kier alpha value is -0.940. The van der Waals surface area contributed by atoms with Crippen molar-refractivity contribution in [3.05, 3.63) is 34.1 Å². The molecule has 1 amide bonds. The zero-order chi connectivity index (χ0) is 13.3. The van der Waals surface area contributed by atoms with Gasteiger partial charge in [-0.15, -0.1) is 0 Å². The number of likely N-dealkylation sites (tertiary alicyclic amines) is 1. The molecule has 2 N–H and O–H groups in total. The molecule has 3 nitrogen and oxygen atoms in total. The minimum absolute atomic E-state index is 0.0488. The maximum Gasteiger partial charge on any atom is 0.258 e. The molecule has 98 valence electrons. The van der Waals surface area contributed by atoms with E-state index in [0.717, 1.165) is 12.8 Å². The second-order valence-electron chi connectivity index (χ2n) is 4.73. The number of amides is 1. The number of hydrogen-bond donors (Lipinski definition) is 1. The van der Waals surface area contributed by atoms with E-state index in [4.69, 9.17) is 5.73 Å². The highest BCUT2D eigenvalue weighted by atomic mass is 79.9. The third-order valence-electron chi connectivity index (χ3n) is 3.35. The van der Waals surface area contributed by atoms with E-state index in [2.05, 4.69) is 15.9 Å². The Morgan fingerprint density at radius 3 is 2.89 bits per heavy atom. The lowest BCUT2D eigenvalue weighted by Crippen LogP contribution is -2.48. The fraction of sp³-hybridized carbons (Fsp3) is 0.462. The van der Waals surface area contributed by atoms with E-state index in [1.807, 2.05) is 6.92 Å². The van der Waals surface area contributed by atoms with Crippen LogP contribution in [0.1, 0.15) is 30.1 Å². The smallest absolute Gasteiger partial charge is 0.258 e. The lowest BCUT2D eigenvalue weighted by Gasteiger charge is -2.36. The fourth-order valence-corrected chi connectivity index (χ4v) is 2.87. The molecule has 1 aromatic carbocycles. The molecule has 1 aliphatic heterocycles. The highest BCUT2D eigenvalue weighted by Gasteiger charge is 2.30. The van der Waals surface area contributed by atoms with E-state index in [-0.39, 0.29) is 23.6 Å². The molecule has 1 heterocycles. The van der Waals surface area contributed by atoms with Gasteiger partial charge in [0.15, 0.2) is 0 Å². The molecule has 0 aromatic heterocycles. The maximum atomic E-state index is 13.8. The monoisotopic (exact) mass is 314 g/mol. The number of hydrogen-bond acceptors (Lipinski definition) is 2. The predicted molar refractivity (Wildman–Crippen MR) is 71.8 cm³/mol. The van der Waals surface area contributed by atoms with Crippen LogP contribution in [0.25, 0.3) is 0 Å². The Morgan fingerprint density at radius 2 is 2.28 bits per heavy atom. The highest BCUT2D eigenvalue weighted by Crippen LogP contribution is 2.25. The first-order valence-corrected chi connectivity index (χ1v) is 6.80. The predicted octanol–water partition coefficient (Wildman–Crippen LogP) is 2.54. The Bertz CT molecular complexity index is 446. The van der Waals surface area contributed by atoms with Gasteiger partial charge in [-0.25, -0.2) is 4.39 Å². The summed E-state index contributed by atoms with van der Waals surface area (Å²) in [6.07, 6.45) is 1.53. The number of benzene rings is 1. The molecule has 5 heteroatoms. The molecule has 0 spiro atoms. The summed E-state index contributed by atoms with van der Waals surface area (Å²) in [7, 11) is 0. The molecule has 0 saturated carbocycles. The lowest BCUT2D eigenvalue weighted by atomic mass is 9.98. The van der Waals surface area contributed by atoms with Crippen LogP contribution in [0, 0.1) is 5.82 Å². The van der Waals surface area contributed by atoms with Gasteiger partial charge in [0, 0.05) is 23.1 Å². The van der Waals surface area contributed by atoms with Crippen molar-refractivity contribution in [2.75, 3.05) is 6.54 Å². The summed E-state index contributed by atoms with van der Waals surface area (Å²) < 4.78 is 14.3. The van der Waals surface area contributed by atoms with Crippen molar-refractivity contribution in [2.24, 2.45) is 5.73 Å². The van der Waals surface area contributed by atoms with Crippen LogP contribution in [0.3, 0.4) is 0 Å². The minimum Gasteiger partial charge on any atom is -0.336 e. The SMILES string of the molecule is CC1CC(N)CCN1C(=O)c1c(F)cccc1Br. The molecule has 0 aliphatic carbocycles. The number of nitrogens with zero attached hydrogens (tertiary/aromatic N) is 1. The van der Waals surface area contributed by atoms with Crippen molar-refractivity contribution in [2.45, 2.75) is 31.8 Å². The van der Waals surface area contributed by atoms with Crippen LogP contribution in [0.2, 0.25) is 0 Å². The van der Waals surface area contributed by atoms with E-state index >= 15 is 0 Å². The van der Waals surface area contributed by atoms with Crippen LogP contribution in [0.4, 0.5) is 4.39 Å². The maximum absolute atomic E-state index is 13.8. The van der Waals surface area contributed by atoms with Crippen LogP contribution in [-0.2, 0) is 0 Å². The topological polar surface area (TPSA) is 46.3 Å². The Kier molecular flexibility index (Phi) is 4.02. The molecule has 0 radical (unpaired) electrons. The third kappa shape index (κ3) is 2.57. The molecule has 2 rings (SSSR count). The Labute approximate surface area is 114 Å². The number of piperidine rings is 1. The van der Waals surface area contributed by atoms with Crippen LogP contribution in [0.15, 0.2) is 22.7 Å². The van der Waals surface area contributed by atoms with Crippen LogP contribution in [-0.4, -0.2) is 29.4 Å². The van der Waals surface area contributed by atoms with E-state index < -0.39 is 5.82 Å². The van der Waals surface area contributed by atoms with Crippen molar-refractivity contribution >= 4 is 21.8 Å². The molecular weight excluding hydrogens is 299 g/mol. The van der Waals surface area contributed by atoms with Crippen molar-refractivity contribution in [3.8, 4) is 0 Å². The molecule has 2 atom stereocenters. The summed E-state index contributed by atoms with van der Waals surface area (Å²) in [6.45, 7) is 2.54. The molecule has 0 bridgehead atoms. The van der Waals surface area contributed by atoms with Gasteiger partial charge in [-0.05, 0) is 47.8 Å². The van der Waals surface area contributed by atoms with Gasteiger partial charge in [-0.2, -0.15) is 0 Å². The van der Waals surface area contributed by atoms with E-state index in [9.17, 15) is 9.18 Å².